The summed E-state index contributed by atoms with van der Waals surface area (Å²) in [6.45, 7) is 0. The molecule has 0 aliphatic rings. The summed E-state index contributed by atoms with van der Waals surface area (Å²) >= 11 is 11.7. The molecule has 0 aliphatic heterocycles. The number of methoxy groups -OCH3 is 2. The molecule has 2 rings (SSSR count). The highest BCUT2D eigenvalue weighted by molar-refractivity contribution is 6.34. The SMILES string of the molecule is COc1ccc(OC)c(NC(=O)Oc2cc(Cl)cc(Cl)c2)c1. The number of carbonyl (C=O) groups is 1. The third-order valence-electron chi connectivity index (χ3n) is 2.69. The fraction of sp³-hybridized carbons (Fsp3) is 0.133. The Morgan fingerprint density at radius 2 is 1.64 bits per heavy atom. The van der Waals surface area contributed by atoms with E-state index in [9.17, 15) is 4.79 Å². The molecule has 0 saturated heterocycles. The van der Waals surface area contributed by atoms with Gasteiger partial charge < -0.3 is 14.2 Å². The van der Waals surface area contributed by atoms with Crippen molar-refractivity contribution in [1.29, 1.82) is 0 Å². The van der Waals surface area contributed by atoms with Crippen LogP contribution >= 0.6 is 23.2 Å². The van der Waals surface area contributed by atoms with Gasteiger partial charge in [0.25, 0.3) is 0 Å². The maximum atomic E-state index is 12.0. The molecule has 0 aromatic heterocycles. The molecule has 0 saturated carbocycles. The van der Waals surface area contributed by atoms with Gasteiger partial charge >= 0.3 is 6.09 Å². The van der Waals surface area contributed by atoms with Crippen LogP contribution in [0.25, 0.3) is 0 Å². The van der Waals surface area contributed by atoms with Gasteiger partial charge in [-0.15, -0.1) is 0 Å². The van der Waals surface area contributed by atoms with E-state index < -0.39 is 6.09 Å². The number of rotatable bonds is 4. The van der Waals surface area contributed by atoms with Crippen LogP contribution in [0.5, 0.6) is 17.2 Å². The van der Waals surface area contributed by atoms with E-state index in [4.69, 9.17) is 37.4 Å². The zero-order chi connectivity index (χ0) is 16.1. The van der Waals surface area contributed by atoms with E-state index in [-0.39, 0.29) is 5.75 Å². The lowest BCUT2D eigenvalue weighted by Crippen LogP contribution is -2.17. The summed E-state index contributed by atoms with van der Waals surface area (Å²) < 4.78 is 15.4. The number of nitrogens with one attached hydrogen (secondary N) is 1. The first kappa shape index (κ1) is 16.3. The third kappa shape index (κ3) is 4.19. The number of ether oxygens (including phenoxy) is 3. The average Bonchev–Trinajstić information content (AvgIpc) is 2.45. The maximum Gasteiger partial charge on any atom is 0.417 e. The first-order chi connectivity index (χ1) is 10.5. The van der Waals surface area contributed by atoms with Gasteiger partial charge in [0.15, 0.2) is 0 Å². The van der Waals surface area contributed by atoms with E-state index in [0.29, 0.717) is 27.2 Å². The van der Waals surface area contributed by atoms with Gasteiger partial charge in [0.1, 0.15) is 17.2 Å². The molecule has 0 spiro atoms. The molecule has 7 heteroatoms. The number of benzene rings is 2. The Morgan fingerprint density at radius 1 is 0.955 bits per heavy atom. The first-order valence-electron chi connectivity index (χ1n) is 6.19. The van der Waals surface area contributed by atoms with Crippen LogP contribution in [-0.2, 0) is 0 Å². The predicted molar refractivity (Wildman–Crippen MR) is 85.7 cm³/mol. The van der Waals surface area contributed by atoms with Crippen LogP contribution in [0.1, 0.15) is 0 Å². The molecule has 0 unspecified atom stereocenters. The number of carbonyl (C=O) groups excluding carboxylic acids is 1. The lowest BCUT2D eigenvalue weighted by molar-refractivity contribution is 0.215. The Morgan fingerprint density at radius 3 is 2.23 bits per heavy atom. The second-order valence-electron chi connectivity index (χ2n) is 4.19. The van der Waals surface area contributed by atoms with Gasteiger partial charge in [-0.05, 0) is 30.3 Å². The molecule has 116 valence electrons. The van der Waals surface area contributed by atoms with Crippen LogP contribution in [0.3, 0.4) is 0 Å². The van der Waals surface area contributed by atoms with Crippen LogP contribution in [0.2, 0.25) is 10.0 Å². The maximum absolute atomic E-state index is 12.0. The second kappa shape index (κ2) is 7.24. The van der Waals surface area contributed by atoms with E-state index in [2.05, 4.69) is 5.32 Å². The lowest BCUT2D eigenvalue weighted by atomic mass is 10.2. The summed E-state index contributed by atoms with van der Waals surface area (Å²) in [4.78, 5) is 12.0. The Labute approximate surface area is 137 Å². The molecule has 22 heavy (non-hydrogen) atoms. The number of halogens is 2. The highest BCUT2D eigenvalue weighted by Gasteiger charge is 2.11. The van der Waals surface area contributed by atoms with Gasteiger partial charge in [-0.3, -0.25) is 5.32 Å². The number of hydrogen-bond acceptors (Lipinski definition) is 4. The fourth-order valence-electron chi connectivity index (χ4n) is 1.74. The molecule has 1 amide bonds. The van der Waals surface area contributed by atoms with Gasteiger partial charge in [0.2, 0.25) is 0 Å². The lowest BCUT2D eigenvalue weighted by Gasteiger charge is -2.12. The number of hydrogen-bond donors (Lipinski definition) is 1. The van der Waals surface area contributed by atoms with Crippen LogP contribution < -0.4 is 19.5 Å². The molecule has 0 radical (unpaired) electrons. The van der Waals surface area contributed by atoms with Gasteiger partial charge in [0.05, 0.1) is 19.9 Å². The van der Waals surface area contributed by atoms with Crippen molar-refractivity contribution in [2.24, 2.45) is 0 Å². The van der Waals surface area contributed by atoms with E-state index in [1.807, 2.05) is 0 Å². The molecule has 1 N–H and O–H groups in total. The Balaban J connectivity index is 2.14. The van der Waals surface area contributed by atoms with Crippen molar-refractivity contribution in [2.75, 3.05) is 19.5 Å². The van der Waals surface area contributed by atoms with Crippen molar-refractivity contribution in [1.82, 2.24) is 0 Å². The molecule has 0 atom stereocenters. The predicted octanol–water partition coefficient (Wildman–Crippen LogP) is 4.62. The molecule has 2 aromatic rings. The molecule has 2 aromatic carbocycles. The Kier molecular flexibility index (Phi) is 5.35. The van der Waals surface area contributed by atoms with Gasteiger partial charge in [-0.1, -0.05) is 23.2 Å². The Hall–Kier alpha value is -2.11. The standard InChI is InChI=1S/C15H13Cl2NO4/c1-20-11-3-4-14(21-2)13(8-11)18-15(19)22-12-6-9(16)5-10(17)7-12/h3-8H,1-2H3,(H,18,19). The zero-order valence-electron chi connectivity index (χ0n) is 11.9. The minimum absolute atomic E-state index is 0.233. The molecular weight excluding hydrogens is 329 g/mol. The van der Waals surface area contributed by atoms with Crippen LogP contribution in [-0.4, -0.2) is 20.3 Å². The fourth-order valence-corrected chi connectivity index (χ4v) is 2.25. The summed E-state index contributed by atoms with van der Waals surface area (Å²) in [6, 6.07) is 9.51. The highest BCUT2D eigenvalue weighted by Crippen LogP contribution is 2.29. The second-order valence-corrected chi connectivity index (χ2v) is 5.06. The van der Waals surface area contributed by atoms with E-state index in [1.54, 1.807) is 24.3 Å². The van der Waals surface area contributed by atoms with E-state index in [1.165, 1.54) is 26.4 Å². The minimum Gasteiger partial charge on any atom is -0.497 e. The van der Waals surface area contributed by atoms with E-state index >= 15 is 0 Å². The van der Waals surface area contributed by atoms with Gasteiger partial charge in [-0.25, -0.2) is 4.79 Å². The summed E-state index contributed by atoms with van der Waals surface area (Å²) in [5, 5.41) is 3.31. The Bertz CT molecular complexity index is 671. The van der Waals surface area contributed by atoms with Crippen LogP contribution in [0.4, 0.5) is 10.5 Å². The van der Waals surface area contributed by atoms with Crippen molar-refractivity contribution in [3.05, 3.63) is 46.4 Å². The molecule has 0 bridgehead atoms. The average molecular weight is 342 g/mol. The minimum atomic E-state index is -0.704. The van der Waals surface area contributed by atoms with Crippen molar-refractivity contribution in [2.45, 2.75) is 0 Å². The first-order valence-corrected chi connectivity index (χ1v) is 6.94. The summed E-state index contributed by atoms with van der Waals surface area (Å²) in [7, 11) is 3.02. The molecular formula is C15H13Cl2NO4. The normalized spacial score (nSPS) is 10.0. The topological polar surface area (TPSA) is 56.8 Å². The van der Waals surface area contributed by atoms with Crippen molar-refractivity contribution in [3.63, 3.8) is 0 Å². The van der Waals surface area contributed by atoms with Gasteiger partial charge in [-0.2, -0.15) is 0 Å². The quantitative estimate of drug-likeness (QED) is 0.881. The van der Waals surface area contributed by atoms with Crippen LogP contribution in [0.15, 0.2) is 36.4 Å². The summed E-state index contributed by atoms with van der Waals surface area (Å²) in [6.07, 6.45) is -0.704. The van der Waals surface area contributed by atoms with E-state index in [0.717, 1.165) is 0 Å². The monoisotopic (exact) mass is 341 g/mol. The van der Waals surface area contributed by atoms with Gasteiger partial charge in [0, 0.05) is 16.1 Å². The zero-order valence-corrected chi connectivity index (χ0v) is 13.4. The third-order valence-corrected chi connectivity index (χ3v) is 3.13. The molecule has 0 heterocycles. The largest absolute Gasteiger partial charge is 0.497 e. The van der Waals surface area contributed by atoms with Crippen molar-refractivity contribution < 1.29 is 19.0 Å². The summed E-state index contributed by atoms with van der Waals surface area (Å²) in [5.74, 6) is 1.28. The van der Waals surface area contributed by atoms with Crippen molar-refractivity contribution in [3.8, 4) is 17.2 Å². The number of anilines is 1. The molecule has 0 fully saturated rings. The molecule has 0 aliphatic carbocycles. The van der Waals surface area contributed by atoms with Crippen molar-refractivity contribution >= 4 is 35.0 Å². The van der Waals surface area contributed by atoms with Crippen LogP contribution in [0, 0.1) is 0 Å². The number of amides is 1. The highest BCUT2D eigenvalue weighted by atomic mass is 35.5. The summed E-state index contributed by atoms with van der Waals surface area (Å²) in [5.41, 5.74) is 0.417. The molecule has 5 nitrogen and oxygen atoms in total. The smallest absolute Gasteiger partial charge is 0.417 e.